The van der Waals surface area contributed by atoms with Crippen LogP contribution in [0.5, 0.6) is 0 Å². The van der Waals surface area contributed by atoms with Crippen LogP contribution in [0.4, 0.5) is 0 Å². The summed E-state index contributed by atoms with van der Waals surface area (Å²) in [5.74, 6) is 2.57. The van der Waals surface area contributed by atoms with E-state index < -0.39 is 0 Å². The number of hydrogen-bond acceptors (Lipinski definition) is 4. The maximum atomic E-state index is 5.51. The molecule has 0 atom stereocenters. The minimum atomic E-state index is 0.673. The molecular formula is C17H18N2O2. The summed E-state index contributed by atoms with van der Waals surface area (Å²) in [7, 11) is 0. The molecule has 0 unspecified atom stereocenters. The van der Waals surface area contributed by atoms with Gasteiger partial charge in [-0.1, -0.05) is 18.2 Å². The molecule has 108 valence electrons. The normalized spacial score (nSPS) is 10.9. The Morgan fingerprint density at radius 2 is 1.95 bits per heavy atom. The van der Waals surface area contributed by atoms with Gasteiger partial charge in [0.2, 0.25) is 5.89 Å². The highest BCUT2D eigenvalue weighted by Crippen LogP contribution is 2.17. The maximum absolute atomic E-state index is 5.51. The smallest absolute Gasteiger partial charge is 0.226 e. The van der Waals surface area contributed by atoms with Crippen LogP contribution in [0.2, 0.25) is 0 Å². The summed E-state index contributed by atoms with van der Waals surface area (Å²) in [4.78, 5) is 4.50. The van der Waals surface area contributed by atoms with Crippen LogP contribution in [0.1, 0.15) is 17.2 Å². The number of rotatable bonds is 6. The molecule has 0 bridgehead atoms. The fourth-order valence-electron chi connectivity index (χ4n) is 2.14. The van der Waals surface area contributed by atoms with Crippen molar-refractivity contribution < 1.29 is 8.83 Å². The second-order valence-corrected chi connectivity index (χ2v) is 4.95. The number of aryl methyl sites for hydroxylation is 1. The van der Waals surface area contributed by atoms with Gasteiger partial charge in [-0.15, -0.1) is 0 Å². The van der Waals surface area contributed by atoms with Crippen LogP contribution < -0.4 is 5.32 Å². The van der Waals surface area contributed by atoms with Gasteiger partial charge in [-0.2, -0.15) is 0 Å². The number of oxazole rings is 1. The molecule has 3 rings (SSSR count). The molecule has 1 aromatic carbocycles. The fraction of sp³-hybridized carbons (Fsp3) is 0.235. The van der Waals surface area contributed by atoms with Gasteiger partial charge in [0.1, 0.15) is 17.8 Å². The predicted octanol–water partition coefficient (Wildman–Crippen LogP) is 3.58. The van der Waals surface area contributed by atoms with Gasteiger partial charge in [-0.25, -0.2) is 4.98 Å². The van der Waals surface area contributed by atoms with E-state index in [-0.39, 0.29) is 0 Å². The van der Waals surface area contributed by atoms with Crippen molar-refractivity contribution in [2.24, 2.45) is 0 Å². The highest BCUT2D eigenvalue weighted by Gasteiger charge is 2.06. The standard InChI is InChI=1S/C17H18N2O2/c1-13-7-8-16(21-13)11-18-10-9-15-12-20-17(19-15)14-5-3-2-4-6-14/h2-8,12,18H,9-11H2,1H3. The zero-order valence-corrected chi connectivity index (χ0v) is 12.0. The lowest BCUT2D eigenvalue weighted by molar-refractivity contribution is 0.462. The highest BCUT2D eigenvalue weighted by atomic mass is 16.3. The van der Waals surface area contributed by atoms with E-state index in [0.717, 1.165) is 42.3 Å². The molecule has 21 heavy (non-hydrogen) atoms. The van der Waals surface area contributed by atoms with Crippen molar-refractivity contribution in [2.75, 3.05) is 6.54 Å². The van der Waals surface area contributed by atoms with E-state index in [1.807, 2.05) is 49.4 Å². The molecule has 1 N–H and O–H groups in total. The Balaban J connectivity index is 1.49. The van der Waals surface area contributed by atoms with Gasteiger partial charge >= 0.3 is 0 Å². The van der Waals surface area contributed by atoms with Crippen molar-refractivity contribution >= 4 is 0 Å². The van der Waals surface area contributed by atoms with Crippen LogP contribution in [0.25, 0.3) is 11.5 Å². The molecule has 0 spiro atoms. The van der Waals surface area contributed by atoms with Gasteiger partial charge in [0, 0.05) is 18.5 Å². The van der Waals surface area contributed by atoms with Gasteiger partial charge in [0.25, 0.3) is 0 Å². The topological polar surface area (TPSA) is 51.2 Å². The van der Waals surface area contributed by atoms with E-state index in [1.165, 1.54) is 0 Å². The second-order valence-electron chi connectivity index (χ2n) is 4.95. The van der Waals surface area contributed by atoms with E-state index in [0.29, 0.717) is 5.89 Å². The molecule has 2 aromatic heterocycles. The summed E-state index contributed by atoms with van der Waals surface area (Å²) in [6.45, 7) is 3.52. The van der Waals surface area contributed by atoms with Crippen LogP contribution in [0, 0.1) is 6.92 Å². The zero-order valence-electron chi connectivity index (χ0n) is 12.0. The summed E-state index contributed by atoms with van der Waals surface area (Å²) >= 11 is 0. The third-order valence-corrected chi connectivity index (χ3v) is 3.23. The summed E-state index contributed by atoms with van der Waals surface area (Å²) in [5, 5.41) is 3.34. The minimum absolute atomic E-state index is 0.673. The molecule has 2 heterocycles. The molecule has 0 saturated heterocycles. The molecule has 0 aliphatic rings. The first-order valence-electron chi connectivity index (χ1n) is 7.07. The van der Waals surface area contributed by atoms with Crippen LogP contribution in [0.3, 0.4) is 0 Å². The van der Waals surface area contributed by atoms with Crippen molar-refractivity contribution in [1.29, 1.82) is 0 Å². The predicted molar refractivity (Wildman–Crippen MR) is 80.8 cm³/mol. The Hall–Kier alpha value is -2.33. The van der Waals surface area contributed by atoms with Crippen LogP contribution in [-0.4, -0.2) is 11.5 Å². The van der Waals surface area contributed by atoms with Gasteiger partial charge < -0.3 is 14.2 Å². The Morgan fingerprint density at radius 3 is 2.71 bits per heavy atom. The number of benzene rings is 1. The first kappa shape index (κ1) is 13.6. The number of nitrogens with one attached hydrogen (secondary N) is 1. The number of furan rings is 1. The van der Waals surface area contributed by atoms with Gasteiger partial charge in [0.05, 0.1) is 12.2 Å². The quantitative estimate of drug-likeness (QED) is 0.702. The van der Waals surface area contributed by atoms with E-state index in [4.69, 9.17) is 8.83 Å². The largest absolute Gasteiger partial charge is 0.465 e. The van der Waals surface area contributed by atoms with Crippen molar-refractivity contribution in [3.05, 3.63) is 65.9 Å². The summed E-state index contributed by atoms with van der Waals surface area (Å²) < 4.78 is 11.0. The van der Waals surface area contributed by atoms with E-state index in [2.05, 4.69) is 10.3 Å². The summed E-state index contributed by atoms with van der Waals surface area (Å²) in [6.07, 6.45) is 2.55. The van der Waals surface area contributed by atoms with Crippen molar-refractivity contribution in [2.45, 2.75) is 19.9 Å². The molecule has 3 aromatic rings. The van der Waals surface area contributed by atoms with Gasteiger partial charge in [-0.3, -0.25) is 0 Å². The molecule has 0 saturated carbocycles. The molecule has 0 amide bonds. The fourth-order valence-corrected chi connectivity index (χ4v) is 2.14. The first-order valence-corrected chi connectivity index (χ1v) is 7.07. The van der Waals surface area contributed by atoms with E-state index in [9.17, 15) is 0 Å². The molecule has 0 aliphatic carbocycles. The average molecular weight is 282 g/mol. The second kappa shape index (κ2) is 6.41. The molecule has 4 heteroatoms. The summed E-state index contributed by atoms with van der Waals surface area (Å²) in [6, 6.07) is 13.9. The number of hydrogen-bond donors (Lipinski definition) is 1. The van der Waals surface area contributed by atoms with Crippen molar-refractivity contribution in [1.82, 2.24) is 10.3 Å². The Bertz CT molecular complexity index is 686. The summed E-state index contributed by atoms with van der Waals surface area (Å²) in [5.41, 5.74) is 1.96. The molecule has 0 fully saturated rings. The van der Waals surface area contributed by atoms with E-state index in [1.54, 1.807) is 6.26 Å². The zero-order chi connectivity index (χ0) is 14.5. The highest BCUT2D eigenvalue weighted by molar-refractivity contribution is 5.52. The third kappa shape index (κ3) is 3.61. The van der Waals surface area contributed by atoms with E-state index >= 15 is 0 Å². The molecule has 0 radical (unpaired) electrons. The Labute approximate surface area is 123 Å². The number of aromatic nitrogens is 1. The van der Waals surface area contributed by atoms with Gasteiger partial charge in [0.15, 0.2) is 0 Å². The van der Waals surface area contributed by atoms with Crippen LogP contribution in [0.15, 0.2) is 57.6 Å². The monoisotopic (exact) mass is 282 g/mol. The Kier molecular flexibility index (Phi) is 4.17. The average Bonchev–Trinajstić information content (AvgIpc) is 3.14. The SMILES string of the molecule is Cc1ccc(CNCCc2coc(-c3ccccc3)n2)o1. The Morgan fingerprint density at radius 1 is 1.10 bits per heavy atom. The lowest BCUT2D eigenvalue weighted by atomic mass is 10.2. The molecular weight excluding hydrogens is 264 g/mol. The lowest BCUT2D eigenvalue weighted by Crippen LogP contribution is -2.16. The first-order chi connectivity index (χ1) is 10.3. The van der Waals surface area contributed by atoms with Crippen LogP contribution >= 0.6 is 0 Å². The van der Waals surface area contributed by atoms with Gasteiger partial charge in [-0.05, 0) is 31.2 Å². The number of nitrogens with zero attached hydrogens (tertiary/aromatic N) is 1. The lowest BCUT2D eigenvalue weighted by Gasteiger charge is -2.00. The van der Waals surface area contributed by atoms with Crippen molar-refractivity contribution in [3.8, 4) is 11.5 Å². The molecule has 4 nitrogen and oxygen atoms in total. The minimum Gasteiger partial charge on any atom is -0.465 e. The van der Waals surface area contributed by atoms with Crippen LogP contribution in [-0.2, 0) is 13.0 Å². The third-order valence-electron chi connectivity index (χ3n) is 3.23. The maximum Gasteiger partial charge on any atom is 0.226 e. The van der Waals surface area contributed by atoms with Crippen molar-refractivity contribution in [3.63, 3.8) is 0 Å². The molecule has 0 aliphatic heterocycles.